The molecular weight excluding hydrogens is 399 g/mol. The number of carbonyl (C=O) groups excluding carboxylic acids is 1. The fraction of sp³-hybridized carbons (Fsp3) is 0. The lowest BCUT2D eigenvalue weighted by atomic mass is 10.2. The third-order valence-electron chi connectivity index (χ3n) is 3.39. The van der Waals surface area contributed by atoms with Gasteiger partial charge in [-0.1, -0.05) is 34.8 Å². The molecule has 0 radical (unpaired) electrons. The first-order valence-electron chi connectivity index (χ1n) is 7.31. The van der Waals surface area contributed by atoms with E-state index in [9.17, 15) is 9.90 Å². The summed E-state index contributed by atoms with van der Waals surface area (Å²) >= 11 is 17.8. The second-order valence-electron chi connectivity index (χ2n) is 5.19. The maximum atomic E-state index is 12.1. The van der Waals surface area contributed by atoms with Crippen LogP contribution < -0.4 is 5.43 Å². The van der Waals surface area contributed by atoms with Gasteiger partial charge in [0.15, 0.2) is 5.76 Å². The average Bonchev–Trinajstić information content (AvgIpc) is 3.07. The number of hydrazone groups is 1. The minimum atomic E-state index is -0.556. The number of carbonyl (C=O) groups is 1. The molecule has 1 amide bonds. The van der Waals surface area contributed by atoms with Gasteiger partial charge in [0.25, 0.3) is 0 Å². The number of halogens is 3. The van der Waals surface area contributed by atoms with E-state index in [4.69, 9.17) is 39.2 Å². The van der Waals surface area contributed by atoms with Crippen molar-refractivity contribution in [2.45, 2.75) is 0 Å². The molecule has 5 nitrogen and oxygen atoms in total. The summed E-state index contributed by atoms with van der Waals surface area (Å²) in [6.07, 6.45) is 1.28. The van der Waals surface area contributed by atoms with Crippen LogP contribution >= 0.6 is 34.8 Å². The molecule has 0 unspecified atom stereocenters. The molecule has 0 atom stereocenters. The molecule has 0 aliphatic rings. The summed E-state index contributed by atoms with van der Waals surface area (Å²) in [4.78, 5) is 12.1. The third kappa shape index (κ3) is 4.19. The van der Waals surface area contributed by atoms with E-state index < -0.39 is 5.91 Å². The smallest absolute Gasteiger partial charge is 0.307 e. The number of furan rings is 1. The molecule has 0 saturated carbocycles. The van der Waals surface area contributed by atoms with E-state index in [1.807, 2.05) is 0 Å². The maximum Gasteiger partial charge on any atom is 0.307 e. The highest BCUT2D eigenvalue weighted by molar-refractivity contribution is 6.36. The zero-order valence-electron chi connectivity index (χ0n) is 13.0. The fourth-order valence-corrected chi connectivity index (χ4v) is 2.82. The van der Waals surface area contributed by atoms with Crippen molar-refractivity contribution < 1.29 is 14.3 Å². The number of hydrogen-bond acceptors (Lipinski definition) is 4. The van der Waals surface area contributed by atoms with Gasteiger partial charge in [0, 0.05) is 21.2 Å². The quantitative estimate of drug-likeness (QED) is 0.449. The molecule has 3 aromatic rings. The summed E-state index contributed by atoms with van der Waals surface area (Å²) in [6.45, 7) is 0. The molecule has 2 N–H and O–H groups in total. The Labute approximate surface area is 163 Å². The van der Waals surface area contributed by atoms with Gasteiger partial charge in [-0.05, 0) is 48.5 Å². The van der Waals surface area contributed by atoms with Crippen LogP contribution in [-0.4, -0.2) is 17.2 Å². The summed E-state index contributed by atoms with van der Waals surface area (Å²) in [5.74, 6) is -0.0871. The lowest BCUT2D eigenvalue weighted by Gasteiger charge is -2.01. The Bertz CT molecular complexity index is 999. The molecule has 0 aliphatic heterocycles. The van der Waals surface area contributed by atoms with Crippen molar-refractivity contribution >= 4 is 46.9 Å². The van der Waals surface area contributed by atoms with Crippen LogP contribution in [0.5, 0.6) is 5.75 Å². The average molecular weight is 410 g/mol. The lowest BCUT2D eigenvalue weighted by molar-refractivity contribution is 0.0928. The van der Waals surface area contributed by atoms with Crippen LogP contribution in [0.15, 0.2) is 58.0 Å². The van der Waals surface area contributed by atoms with Crippen molar-refractivity contribution in [2.75, 3.05) is 0 Å². The standard InChI is InChI=1S/C18H11Cl3N2O3/c19-11-2-4-15(24)10(7-11)9-22-23-18(25)17-6-5-16(26-17)13-3-1-12(20)8-14(13)21/h1-9,24H,(H,23,25)/b22-9-. The fourth-order valence-electron chi connectivity index (χ4n) is 2.14. The molecule has 1 heterocycles. The first kappa shape index (κ1) is 18.3. The van der Waals surface area contributed by atoms with Crippen molar-refractivity contribution in [1.29, 1.82) is 0 Å². The monoisotopic (exact) mass is 408 g/mol. The van der Waals surface area contributed by atoms with Gasteiger partial charge in [0.05, 0.1) is 11.2 Å². The first-order valence-corrected chi connectivity index (χ1v) is 8.44. The normalized spacial score (nSPS) is 11.0. The largest absolute Gasteiger partial charge is 0.507 e. The van der Waals surface area contributed by atoms with Crippen molar-refractivity contribution in [3.05, 3.63) is 74.9 Å². The molecule has 0 bridgehead atoms. The zero-order valence-corrected chi connectivity index (χ0v) is 15.3. The van der Waals surface area contributed by atoms with Crippen LogP contribution in [0.3, 0.4) is 0 Å². The lowest BCUT2D eigenvalue weighted by Crippen LogP contribution is -2.16. The maximum absolute atomic E-state index is 12.1. The zero-order chi connectivity index (χ0) is 18.7. The predicted octanol–water partition coefficient (Wildman–Crippen LogP) is 5.38. The Hall–Kier alpha value is -2.47. The minimum Gasteiger partial charge on any atom is -0.507 e. The molecule has 2 aromatic carbocycles. The molecule has 26 heavy (non-hydrogen) atoms. The van der Waals surface area contributed by atoms with E-state index >= 15 is 0 Å². The van der Waals surface area contributed by atoms with Gasteiger partial charge in [0.1, 0.15) is 11.5 Å². The second-order valence-corrected chi connectivity index (χ2v) is 6.47. The Kier molecular flexibility index (Phi) is 5.52. The number of phenols is 1. The summed E-state index contributed by atoms with van der Waals surface area (Å²) in [7, 11) is 0. The Morgan fingerprint density at radius 3 is 2.54 bits per heavy atom. The van der Waals surface area contributed by atoms with Crippen molar-refractivity contribution in [3.8, 4) is 17.1 Å². The van der Waals surface area contributed by atoms with Crippen LogP contribution in [0.2, 0.25) is 15.1 Å². The molecule has 0 fully saturated rings. The van der Waals surface area contributed by atoms with Gasteiger partial charge < -0.3 is 9.52 Å². The van der Waals surface area contributed by atoms with E-state index in [1.54, 1.807) is 30.3 Å². The number of benzene rings is 2. The van der Waals surface area contributed by atoms with Crippen LogP contribution in [0.1, 0.15) is 16.1 Å². The number of rotatable bonds is 4. The van der Waals surface area contributed by atoms with Gasteiger partial charge >= 0.3 is 5.91 Å². The Morgan fingerprint density at radius 2 is 1.77 bits per heavy atom. The van der Waals surface area contributed by atoms with Crippen LogP contribution in [0, 0.1) is 0 Å². The van der Waals surface area contributed by atoms with E-state index in [2.05, 4.69) is 10.5 Å². The highest BCUT2D eigenvalue weighted by atomic mass is 35.5. The Balaban J connectivity index is 1.72. The van der Waals surface area contributed by atoms with Crippen LogP contribution in [0.25, 0.3) is 11.3 Å². The van der Waals surface area contributed by atoms with Gasteiger partial charge in [-0.25, -0.2) is 5.43 Å². The van der Waals surface area contributed by atoms with E-state index in [-0.39, 0.29) is 11.5 Å². The minimum absolute atomic E-state index is 0.00920. The summed E-state index contributed by atoms with van der Waals surface area (Å²) < 4.78 is 5.51. The predicted molar refractivity (Wildman–Crippen MR) is 102 cm³/mol. The van der Waals surface area contributed by atoms with Gasteiger partial charge in [-0.3, -0.25) is 4.79 Å². The number of nitrogens with one attached hydrogen (secondary N) is 1. The molecule has 132 valence electrons. The topological polar surface area (TPSA) is 74.8 Å². The first-order chi connectivity index (χ1) is 12.4. The molecule has 0 spiro atoms. The van der Waals surface area contributed by atoms with Crippen molar-refractivity contribution in [2.24, 2.45) is 5.10 Å². The number of phenolic OH excluding ortho intramolecular Hbond substituents is 1. The summed E-state index contributed by atoms with van der Waals surface area (Å²) in [5, 5.41) is 14.8. The Morgan fingerprint density at radius 1 is 1.04 bits per heavy atom. The molecule has 8 heteroatoms. The highest BCUT2D eigenvalue weighted by Crippen LogP contribution is 2.31. The van der Waals surface area contributed by atoms with Gasteiger partial charge in [-0.2, -0.15) is 5.10 Å². The SMILES string of the molecule is O=C(N/N=C\c1cc(Cl)ccc1O)c1ccc(-c2ccc(Cl)cc2Cl)o1. The second kappa shape index (κ2) is 7.83. The third-order valence-corrected chi connectivity index (χ3v) is 4.17. The molecule has 0 saturated heterocycles. The number of aromatic hydroxyl groups is 1. The van der Waals surface area contributed by atoms with Crippen LogP contribution in [0.4, 0.5) is 0 Å². The molecule has 1 aromatic heterocycles. The molecular formula is C18H11Cl3N2O3. The van der Waals surface area contributed by atoms with E-state index in [1.165, 1.54) is 24.4 Å². The summed E-state index contributed by atoms with van der Waals surface area (Å²) in [5.41, 5.74) is 3.29. The highest BCUT2D eigenvalue weighted by Gasteiger charge is 2.13. The molecule has 3 rings (SSSR count). The van der Waals surface area contributed by atoms with Crippen molar-refractivity contribution in [3.63, 3.8) is 0 Å². The van der Waals surface area contributed by atoms with Gasteiger partial charge in [-0.15, -0.1) is 0 Å². The van der Waals surface area contributed by atoms with E-state index in [0.717, 1.165) is 0 Å². The summed E-state index contributed by atoms with van der Waals surface area (Å²) in [6, 6.07) is 12.6. The number of amides is 1. The van der Waals surface area contributed by atoms with E-state index in [0.29, 0.717) is 32.0 Å². The van der Waals surface area contributed by atoms with Crippen molar-refractivity contribution in [1.82, 2.24) is 5.43 Å². The number of hydrogen-bond donors (Lipinski definition) is 2. The van der Waals surface area contributed by atoms with Crippen LogP contribution in [-0.2, 0) is 0 Å². The van der Waals surface area contributed by atoms with Gasteiger partial charge in [0.2, 0.25) is 0 Å². The molecule has 0 aliphatic carbocycles. The number of nitrogens with zero attached hydrogens (tertiary/aromatic N) is 1.